The molecule has 1 aromatic carbocycles. The summed E-state index contributed by atoms with van der Waals surface area (Å²) in [5, 5.41) is 0.373. The summed E-state index contributed by atoms with van der Waals surface area (Å²) >= 11 is 0. The number of nitrogens with zero attached hydrogens (tertiary/aromatic N) is 1. The summed E-state index contributed by atoms with van der Waals surface area (Å²) < 4.78 is 0. The Morgan fingerprint density at radius 2 is 1.65 bits per heavy atom. The van der Waals surface area contributed by atoms with E-state index in [0.29, 0.717) is 5.06 Å². The maximum atomic E-state index is 11.9. The highest BCUT2D eigenvalue weighted by atomic mass is 16.7. The molecule has 2 aromatic rings. The second-order valence-electron chi connectivity index (χ2n) is 3.99. The second kappa shape index (κ2) is 4.19. The Hall–Kier alpha value is -3.16. The number of benzene rings is 1. The lowest BCUT2D eigenvalue weighted by atomic mass is 10.1. The van der Waals surface area contributed by atoms with Gasteiger partial charge in [0.25, 0.3) is 11.8 Å². The average molecular weight is 273 g/mol. The highest BCUT2D eigenvalue weighted by Crippen LogP contribution is 2.22. The van der Waals surface area contributed by atoms with E-state index in [9.17, 15) is 19.2 Å². The Balaban J connectivity index is 1.87. The number of hydroxylamine groups is 2. The van der Waals surface area contributed by atoms with E-state index in [-0.39, 0.29) is 16.8 Å². The quantitative estimate of drug-likeness (QED) is 0.752. The number of carbonyl (C=O) groups is 3. The van der Waals surface area contributed by atoms with Crippen LogP contribution in [0.5, 0.6) is 0 Å². The summed E-state index contributed by atoms with van der Waals surface area (Å²) in [6.45, 7) is 0. The molecule has 0 radical (unpaired) electrons. The molecular formula is C12H7N3O5. The van der Waals surface area contributed by atoms with Crippen molar-refractivity contribution in [1.82, 2.24) is 15.0 Å². The van der Waals surface area contributed by atoms with E-state index in [1.807, 2.05) is 0 Å². The number of hydrogen-bond acceptors (Lipinski definition) is 5. The van der Waals surface area contributed by atoms with Gasteiger partial charge in [0.05, 0.1) is 11.1 Å². The molecule has 0 atom stereocenters. The predicted octanol–water partition coefficient (Wildman–Crippen LogP) is 0.0710. The summed E-state index contributed by atoms with van der Waals surface area (Å²) in [5.41, 5.74) is -0.466. The Bertz CT molecular complexity index is 753. The fourth-order valence-corrected chi connectivity index (χ4v) is 1.82. The number of amides is 2. The maximum absolute atomic E-state index is 11.9. The summed E-state index contributed by atoms with van der Waals surface area (Å²) in [7, 11) is 0. The Labute approximate surface area is 110 Å². The number of rotatable bonds is 2. The molecule has 0 unspecified atom stereocenters. The van der Waals surface area contributed by atoms with Crippen molar-refractivity contribution in [3.8, 4) is 0 Å². The van der Waals surface area contributed by atoms with Crippen LogP contribution < -0.4 is 5.69 Å². The Morgan fingerprint density at radius 3 is 2.15 bits per heavy atom. The van der Waals surface area contributed by atoms with E-state index < -0.39 is 23.5 Å². The van der Waals surface area contributed by atoms with E-state index >= 15 is 0 Å². The average Bonchev–Trinajstić information content (AvgIpc) is 2.98. The van der Waals surface area contributed by atoms with Gasteiger partial charge in [-0.3, -0.25) is 9.59 Å². The first-order valence-corrected chi connectivity index (χ1v) is 5.56. The number of aromatic nitrogens is 2. The molecule has 20 heavy (non-hydrogen) atoms. The molecule has 3 rings (SSSR count). The van der Waals surface area contributed by atoms with Crippen LogP contribution in [0.3, 0.4) is 0 Å². The number of fused-ring (bicyclic) bond motifs is 1. The van der Waals surface area contributed by atoms with Crippen LogP contribution in [0, 0.1) is 0 Å². The van der Waals surface area contributed by atoms with Crippen molar-refractivity contribution >= 4 is 17.8 Å². The van der Waals surface area contributed by atoms with Gasteiger partial charge in [0.15, 0.2) is 0 Å². The molecule has 0 saturated carbocycles. The van der Waals surface area contributed by atoms with Crippen LogP contribution >= 0.6 is 0 Å². The largest absolute Gasteiger partial charge is 0.381 e. The number of imidazole rings is 1. The van der Waals surface area contributed by atoms with Gasteiger partial charge in [-0.05, 0) is 12.1 Å². The summed E-state index contributed by atoms with van der Waals surface area (Å²) in [6.07, 6.45) is 1.09. The third kappa shape index (κ3) is 1.70. The van der Waals surface area contributed by atoms with Crippen molar-refractivity contribution in [1.29, 1.82) is 0 Å². The van der Waals surface area contributed by atoms with Gasteiger partial charge >= 0.3 is 11.7 Å². The normalized spacial score (nSPS) is 13.5. The van der Waals surface area contributed by atoms with E-state index in [4.69, 9.17) is 4.84 Å². The van der Waals surface area contributed by atoms with Crippen LogP contribution in [-0.2, 0) is 4.84 Å². The lowest BCUT2D eigenvalue weighted by Gasteiger charge is -2.11. The van der Waals surface area contributed by atoms with E-state index in [1.54, 1.807) is 12.1 Å². The number of imide groups is 1. The Morgan fingerprint density at radius 1 is 1.05 bits per heavy atom. The van der Waals surface area contributed by atoms with Crippen molar-refractivity contribution in [2.24, 2.45) is 0 Å². The molecule has 0 bridgehead atoms. The van der Waals surface area contributed by atoms with Crippen LogP contribution in [0.1, 0.15) is 31.2 Å². The molecule has 0 saturated heterocycles. The molecular weight excluding hydrogens is 266 g/mol. The molecule has 8 heteroatoms. The first-order valence-electron chi connectivity index (χ1n) is 5.56. The third-order valence-electron chi connectivity index (χ3n) is 2.75. The topological polar surface area (TPSA) is 112 Å². The molecule has 1 aliphatic heterocycles. The van der Waals surface area contributed by atoms with Gasteiger partial charge in [-0.15, -0.1) is 0 Å². The Kier molecular flexibility index (Phi) is 2.50. The van der Waals surface area contributed by atoms with Crippen LogP contribution in [0.2, 0.25) is 0 Å². The van der Waals surface area contributed by atoms with Gasteiger partial charge in [-0.2, -0.15) is 0 Å². The molecule has 2 heterocycles. The van der Waals surface area contributed by atoms with Crippen molar-refractivity contribution in [3.05, 3.63) is 57.8 Å². The van der Waals surface area contributed by atoms with Gasteiger partial charge in [0, 0.05) is 6.20 Å². The van der Waals surface area contributed by atoms with Crippen molar-refractivity contribution in [2.45, 2.75) is 0 Å². The van der Waals surface area contributed by atoms with Gasteiger partial charge in [-0.25, -0.2) is 9.59 Å². The lowest BCUT2D eigenvalue weighted by Crippen LogP contribution is -2.32. The van der Waals surface area contributed by atoms with Gasteiger partial charge in [0.2, 0.25) is 0 Å². The minimum atomic E-state index is -1.02. The molecule has 2 N–H and O–H groups in total. The third-order valence-corrected chi connectivity index (χ3v) is 2.75. The predicted molar refractivity (Wildman–Crippen MR) is 63.8 cm³/mol. The van der Waals surface area contributed by atoms with Crippen molar-refractivity contribution < 1.29 is 19.2 Å². The fraction of sp³-hybridized carbons (Fsp3) is 0. The number of H-pyrrole nitrogens is 2. The molecule has 2 amide bonds. The van der Waals surface area contributed by atoms with E-state index in [0.717, 1.165) is 6.20 Å². The molecule has 0 aliphatic carbocycles. The first-order chi connectivity index (χ1) is 9.58. The van der Waals surface area contributed by atoms with Gasteiger partial charge in [-0.1, -0.05) is 17.2 Å². The number of carbonyl (C=O) groups excluding carboxylic acids is 3. The monoisotopic (exact) mass is 273 g/mol. The SMILES string of the molecule is O=C(ON1C(=O)c2ccccc2C1=O)c1c[nH]c(=O)[nH]1. The van der Waals surface area contributed by atoms with Crippen molar-refractivity contribution in [2.75, 3.05) is 0 Å². The van der Waals surface area contributed by atoms with Crippen LogP contribution in [0.15, 0.2) is 35.3 Å². The number of hydrogen-bond donors (Lipinski definition) is 2. The first kappa shape index (κ1) is 11.9. The summed E-state index contributed by atoms with van der Waals surface area (Å²) in [6, 6.07) is 6.11. The van der Waals surface area contributed by atoms with E-state index in [1.165, 1.54) is 12.1 Å². The zero-order valence-corrected chi connectivity index (χ0v) is 9.88. The van der Waals surface area contributed by atoms with Gasteiger partial charge < -0.3 is 14.8 Å². The molecule has 0 spiro atoms. The molecule has 1 aromatic heterocycles. The minimum Gasteiger partial charge on any atom is -0.323 e. The standard InChI is InChI=1S/C12H7N3O5/c16-9-6-3-1-2-4-7(6)10(17)15(9)20-11(18)8-5-13-12(19)14-8/h1-5H,(H2,13,14,19). The summed E-state index contributed by atoms with van der Waals surface area (Å²) in [4.78, 5) is 55.5. The smallest absolute Gasteiger partial charge is 0.323 e. The minimum absolute atomic E-state index is 0.160. The number of aromatic amines is 2. The van der Waals surface area contributed by atoms with Crippen LogP contribution in [0.4, 0.5) is 0 Å². The molecule has 8 nitrogen and oxygen atoms in total. The molecule has 100 valence electrons. The van der Waals surface area contributed by atoms with Gasteiger partial charge in [0.1, 0.15) is 5.69 Å². The second-order valence-corrected chi connectivity index (χ2v) is 3.99. The molecule has 1 aliphatic rings. The molecule has 0 fully saturated rings. The van der Waals surface area contributed by atoms with Crippen LogP contribution in [-0.4, -0.2) is 32.8 Å². The zero-order valence-electron chi connectivity index (χ0n) is 9.88. The zero-order chi connectivity index (χ0) is 14.3. The number of nitrogens with one attached hydrogen (secondary N) is 2. The maximum Gasteiger partial charge on any atom is 0.381 e. The lowest BCUT2D eigenvalue weighted by molar-refractivity contribution is -0.0588. The van der Waals surface area contributed by atoms with Crippen LogP contribution in [0.25, 0.3) is 0 Å². The highest BCUT2D eigenvalue weighted by Gasteiger charge is 2.38. The highest BCUT2D eigenvalue weighted by molar-refractivity contribution is 6.21. The van der Waals surface area contributed by atoms with E-state index in [2.05, 4.69) is 9.97 Å². The fourth-order valence-electron chi connectivity index (χ4n) is 1.82. The van der Waals surface area contributed by atoms with Crippen molar-refractivity contribution in [3.63, 3.8) is 0 Å². The summed E-state index contributed by atoms with van der Waals surface area (Å²) in [5.74, 6) is -2.47.